The van der Waals surface area contributed by atoms with Crippen LogP contribution < -0.4 is 0 Å². The number of carboxylic acid groups (broad SMARTS) is 1. The van der Waals surface area contributed by atoms with Crippen molar-refractivity contribution in [1.29, 1.82) is 0 Å². The van der Waals surface area contributed by atoms with Crippen LogP contribution in [0.1, 0.15) is 25.7 Å². The number of urea groups is 1. The van der Waals surface area contributed by atoms with E-state index in [9.17, 15) is 9.59 Å². The third kappa shape index (κ3) is 4.33. The molecule has 21 heavy (non-hydrogen) atoms. The molecule has 2 saturated heterocycles. The molecule has 2 rings (SSSR count). The van der Waals surface area contributed by atoms with E-state index in [2.05, 4.69) is 11.9 Å². The van der Waals surface area contributed by atoms with Gasteiger partial charge in [-0.25, -0.2) is 4.79 Å². The quantitative estimate of drug-likeness (QED) is 0.849. The molecule has 1 N–H and O–H groups in total. The van der Waals surface area contributed by atoms with Gasteiger partial charge in [-0.3, -0.25) is 4.79 Å². The van der Waals surface area contributed by atoms with Crippen LogP contribution in [-0.4, -0.2) is 78.6 Å². The Balaban J connectivity index is 1.82. The van der Waals surface area contributed by atoms with Crippen LogP contribution >= 0.6 is 0 Å². The number of rotatable bonds is 3. The van der Waals surface area contributed by atoms with E-state index in [1.807, 2.05) is 7.05 Å². The lowest BCUT2D eigenvalue weighted by Gasteiger charge is -2.36. The first-order valence-electron chi connectivity index (χ1n) is 7.88. The number of carbonyl (C=O) groups excluding carboxylic acids is 1. The highest BCUT2D eigenvalue weighted by atomic mass is 16.4. The molecular formula is C15H27N3O3. The topological polar surface area (TPSA) is 64.1 Å². The van der Waals surface area contributed by atoms with Crippen molar-refractivity contribution < 1.29 is 14.7 Å². The minimum atomic E-state index is -0.787. The molecule has 1 atom stereocenters. The molecule has 0 radical (unpaired) electrons. The lowest BCUT2D eigenvalue weighted by atomic mass is 9.96. The number of hydrogen-bond acceptors (Lipinski definition) is 3. The molecule has 0 aromatic carbocycles. The van der Waals surface area contributed by atoms with Gasteiger partial charge in [-0.15, -0.1) is 0 Å². The average Bonchev–Trinajstić information content (AvgIpc) is 2.49. The van der Waals surface area contributed by atoms with Crippen molar-refractivity contribution in [2.24, 2.45) is 11.8 Å². The van der Waals surface area contributed by atoms with Crippen molar-refractivity contribution in [1.82, 2.24) is 14.7 Å². The summed E-state index contributed by atoms with van der Waals surface area (Å²) in [5.74, 6) is -0.625. The zero-order valence-corrected chi connectivity index (χ0v) is 13.1. The maximum atomic E-state index is 12.5. The summed E-state index contributed by atoms with van der Waals surface area (Å²) in [5, 5.41) is 9.11. The SMILES string of the molecule is CN1CCC(CN(C)C(=O)N2CCCC(C(=O)O)C2)CC1. The van der Waals surface area contributed by atoms with E-state index >= 15 is 0 Å². The second kappa shape index (κ2) is 7.11. The van der Waals surface area contributed by atoms with E-state index in [0.717, 1.165) is 38.9 Å². The third-order valence-corrected chi connectivity index (χ3v) is 4.74. The van der Waals surface area contributed by atoms with Gasteiger partial charge in [0.1, 0.15) is 0 Å². The first-order chi connectivity index (χ1) is 9.97. The summed E-state index contributed by atoms with van der Waals surface area (Å²) >= 11 is 0. The molecule has 0 aliphatic carbocycles. The van der Waals surface area contributed by atoms with Crippen molar-refractivity contribution in [3.05, 3.63) is 0 Å². The highest BCUT2D eigenvalue weighted by molar-refractivity contribution is 5.76. The van der Waals surface area contributed by atoms with Crippen LogP contribution in [0.2, 0.25) is 0 Å². The largest absolute Gasteiger partial charge is 0.481 e. The standard InChI is InChI=1S/C15H27N3O3/c1-16-8-5-12(6-9-16)10-17(2)15(21)18-7-3-4-13(11-18)14(19)20/h12-13H,3-11H2,1-2H3,(H,19,20). The van der Waals surface area contributed by atoms with E-state index in [4.69, 9.17) is 5.11 Å². The van der Waals surface area contributed by atoms with Gasteiger partial charge in [0.2, 0.25) is 0 Å². The predicted octanol–water partition coefficient (Wildman–Crippen LogP) is 1.18. The van der Waals surface area contributed by atoms with Crippen LogP contribution in [0.15, 0.2) is 0 Å². The fourth-order valence-corrected chi connectivity index (χ4v) is 3.30. The fraction of sp³-hybridized carbons (Fsp3) is 0.867. The van der Waals surface area contributed by atoms with Gasteiger partial charge in [-0.1, -0.05) is 0 Å². The van der Waals surface area contributed by atoms with E-state index < -0.39 is 11.9 Å². The smallest absolute Gasteiger partial charge is 0.319 e. The van der Waals surface area contributed by atoms with E-state index in [0.29, 0.717) is 25.4 Å². The molecule has 6 heteroatoms. The number of amides is 2. The lowest BCUT2D eigenvalue weighted by Crippen LogP contribution is -2.49. The zero-order valence-electron chi connectivity index (χ0n) is 13.1. The number of piperidine rings is 2. The van der Waals surface area contributed by atoms with E-state index in [1.54, 1.807) is 9.80 Å². The number of aliphatic carboxylic acids is 1. The first-order valence-corrected chi connectivity index (χ1v) is 7.88. The summed E-state index contributed by atoms with van der Waals surface area (Å²) in [4.78, 5) is 29.3. The van der Waals surface area contributed by atoms with Crippen LogP contribution in [0.25, 0.3) is 0 Å². The maximum absolute atomic E-state index is 12.5. The molecule has 1 unspecified atom stereocenters. The molecule has 2 aliphatic heterocycles. The van der Waals surface area contributed by atoms with Gasteiger partial charge >= 0.3 is 12.0 Å². The fourth-order valence-electron chi connectivity index (χ4n) is 3.30. The van der Waals surface area contributed by atoms with E-state index in [1.165, 1.54) is 0 Å². The van der Waals surface area contributed by atoms with Gasteiger partial charge in [0.05, 0.1) is 5.92 Å². The van der Waals surface area contributed by atoms with Crippen molar-refractivity contribution in [3.8, 4) is 0 Å². The number of likely N-dealkylation sites (tertiary alicyclic amines) is 2. The molecule has 2 aliphatic rings. The number of carboxylic acids is 1. The lowest BCUT2D eigenvalue weighted by molar-refractivity contribution is -0.143. The van der Waals surface area contributed by atoms with Crippen LogP contribution in [0, 0.1) is 11.8 Å². The normalized spacial score (nSPS) is 24.9. The number of carbonyl (C=O) groups is 2. The van der Waals surface area contributed by atoms with Gasteiger partial charge in [0.25, 0.3) is 0 Å². The van der Waals surface area contributed by atoms with Crippen molar-refractivity contribution in [2.45, 2.75) is 25.7 Å². The molecule has 2 amide bonds. The van der Waals surface area contributed by atoms with Crippen molar-refractivity contribution in [2.75, 3.05) is 46.8 Å². The summed E-state index contributed by atoms with van der Waals surface area (Å²) in [6, 6.07) is -0.0140. The second-order valence-corrected chi connectivity index (χ2v) is 6.53. The Morgan fingerprint density at radius 3 is 2.48 bits per heavy atom. The molecule has 6 nitrogen and oxygen atoms in total. The third-order valence-electron chi connectivity index (χ3n) is 4.74. The van der Waals surface area contributed by atoms with Crippen molar-refractivity contribution in [3.63, 3.8) is 0 Å². The summed E-state index contributed by atoms with van der Waals surface area (Å²) in [6.07, 6.45) is 3.72. The molecule has 0 spiro atoms. The van der Waals surface area contributed by atoms with Gasteiger partial charge in [-0.2, -0.15) is 0 Å². The van der Waals surface area contributed by atoms with Gasteiger partial charge in [-0.05, 0) is 51.7 Å². The predicted molar refractivity (Wildman–Crippen MR) is 80.2 cm³/mol. The molecular weight excluding hydrogens is 270 g/mol. The second-order valence-electron chi connectivity index (χ2n) is 6.53. The molecule has 2 fully saturated rings. The highest BCUT2D eigenvalue weighted by Crippen LogP contribution is 2.20. The summed E-state index contributed by atoms with van der Waals surface area (Å²) in [5.41, 5.74) is 0. The van der Waals surface area contributed by atoms with Gasteiger partial charge < -0.3 is 19.8 Å². The molecule has 0 saturated carbocycles. The molecule has 0 aromatic rings. The van der Waals surface area contributed by atoms with Crippen molar-refractivity contribution >= 4 is 12.0 Å². The van der Waals surface area contributed by atoms with Crippen LogP contribution in [-0.2, 0) is 4.79 Å². The number of nitrogens with zero attached hydrogens (tertiary/aromatic N) is 3. The Morgan fingerprint density at radius 2 is 1.86 bits per heavy atom. The van der Waals surface area contributed by atoms with Crippen LogP contribution in [0.4, 0.5) is 4.79 Å². The van der Waals surface area contributed by atoms with Crippen LogP contribution in [0.5, 0.6) is 0 Å². The van der Waals surface area contributed by atoms with Gasteiger partial charge in [0.15, 0.2) is 0 Å². The van der Waals surface area contributed by atoms with E-state index in [-0.39, 0.29) is 6.03 Å². The van der Waals surface area contributed by atoms with Gasteiger partial charge in [0, 0.05) is 26.7 Å². The summed E-state index contributed by atoms with van der Waals surface area (Å²) in [7, 11) is 3.97. The first kappa shape index (κ1) is 16.1. The maximum Gasteiger partial charge on any atom is 0.319 e. The molecule has 2 heterocycles. The molecule has 0 bridgehead atoms. The summed E-state index contributed by atoms with van der Waals surface area (Å²) in [6.45, 7) is 4.00. The zero-order chi connectivity index (χ0) is 15.4. The average molecular weight is 297 g/mol. The Kier molecular flexibility index (Phi) is 5.45. The molecule has 0 aromatic heterocycles. The minimum Gasteiger partial charge on any atom is -0.481 e. The monoisotopic (exact) mass is 297 g/mol. The number of hydrogen-bond donors (Lipinski definition) is 1. The Hall–Kier alpha value is -1.30. The summed E-state index contributed by atoms with van der Waals surface area (Å²) < 4.78 is 0. The highest BCUT2D eigenvalue weighted by Gasteiger charge is 2.30. The molecule has 120 valence electrons. The minimum absolute atomic E-state index is 0.0140. The Bertz CT molecular complexity index is 380. The Labute approximate surface area is 126 Å². The van der Waals surface area contributed by atoms with Crippen LogP contribution in [0.3, 0.4) is 0 Å². The Morgan fingerprint density at radius 1 is 1.19 bits per heavy atom.